The van der Waals surface area contributed by atoms with E-state index in [0.29, 0.717) is 45.5 Å². The number of esters is 1. The molecule has 2 aromatic carbocycles. The highest BCUT2D eigenvalue weighted by Crippen LogP contribution is 2.42. The second-order valence-corrected chi connectivity index (χ2v) is 6.33. The predicted molar refractivity (Wildman–Crippen MR) is 107 cm³/mol. The Hall–Kier alpha value is -4.13. The van der Waals surface area contributed by atoms with Gasteiger partial charge in [0.25, 0.3) is 0 Å². The quantitative estimate of drug-likeness (QED) is 0.314. The molecule has 0 unspecified atom stereocenters. The van der Waals surface area contributed by atoms with E-state index in [2.05, 4.69) is 5.32 Å². The number of fused-ring (bicyclic) bond motifs is 2. The Bertz CT molecular complexity index is 1290. The number of anilines is 1. The number of amides is 1. The number of aromatic hydroxyl groups is 1. The van der Waals surface area contributed by atoms with Gasteiger partial charge in [-0.3, -0.25) is 9.59 Å². The van der Waals surface area contributed by atoms with Crippen molar-refractivity contribution in [3.8, 4) is 28.2 Å². The van der Waals surface area contributed by atoms with Gasteiger partial charge < -0.3 is 19.6 Å². The Morgan fingerprint density at radius 2 is 1.90 bits per heavy atom. The Labute approximate surface area is 164 Å². The number of phenolic OH excluding ortho intramolecular Hbond substituents is 1. The largest absolute Gasteiger partial charge is 0.508 e. The number of benzene rings is 3. The van der Waals surface area contributed by atoms with E-state index in [9.17, 15) is 19.5 Å². The zero-order chi connectivity index (χ0) is 20.5. The van der Waals surface area contributed by atoms with Gasteiger partial charge in [-0.25, -0.2) is 4.79 Å². The van der Waals surface area contributed by atoms with E-state index >= 15 is 0 Å². The molecule has 1 heterocycles. The summed E-state index contributed by atoms with van der Waals surface area (Å²) in [4.78, 5) is 35.2. The first-order valence-electron chi connectivity index (χ1n) is 8.64. The number of rotatable bonds is 4. The van der Waals surface area contributed by atoms with Gasteiger partial charge in [-0.2, -0.15) is 0 Å². The van der Waals surface area contributed by atoms with Crippen molar-refractivity contribution in [1.29, 1.82) is 0 Å². The maximum Gasteiger partial charge on any atom is 0.338 e. The van der Waals surface area contributed by atoms with Gasteiger partial charge in [-0.1, -0.05) is 0 Å². The average molecular weight is 389 g/mol. The highest BCUT2D eigenvalue weighted by atomic mass is 16.5. The average Bonchev–Trinajstić information content (AvgIpc) is 2.71. The summed E-state index contributed by atoms with van der Waals surface area (Å²) in [6.07, 6.45) is 0.537. The molecule has 0 radical (unpaired) electrons. The molecule has 1 aliphatic carbocycles. The molecule has 7 nitrogen and oxygen atoms in total. The summed E-state index contributed by atoms with van der Waals surface area (Å²) >= 11 is 0. The molecule has 4 rings (SSSR count). The van der Waals surface area contributed by atoms with Crippen LogP contribution in [0.2, 0.25) is 0 Å². The lowest BCUT2D eigenvalue weighted by Gasteiger charge is -2.18. The Balaban J connectivity index is 2.17. The van der Waals surface area contributed by atoms with Crippen LogP contribution in [0.3, 0.4) is 0 Å². The molecular weight excluding hydrogens is 374 g/mol. The first-order chi connectivity index (χ1) is 14.0. The molecule has 7 heteroatoms. The number of methoxy groups -OCH3 is 1. The van der Waals surface area contributed by atoms with Crippen molar-refractivity contribution >= 4 is 29.0 Å². The molecular formula is C22H15NO6. The van der Waals surface area contributed by atoms with Crippen molar-refractivity contribution in [2.45, 2.75) is 0 Å². The van der Waals surface area contributed by atoms with Crippen LogP contribution in [0.4, 0.5) is 5.69 Å². The van der Waals surface area contributed by atoms with E-state index < -0.39 is 5.97 Å². The molecule has 1 amide bonds. The summed E-state index contributed by atoms with van der Waals surface area (Å²) in [6.45, 7) is 0. The van der Waals surface area contributed by atoms with Crippen molar-refractivity contribution in [1.82, 2.24) is 0 Å². The van der Waals surface area contributed by atoms with Crippen LogP contribution in [-0.2, 0) is 9.53 Å². The topological polar surface area (TPSA) is 106 Å². The molecule has 0 saturated heterocycles. The smallest absolute Gasteiger partial charge is 0.338 e. The first-order valence-corrected chi connectivity index (χ1v) is 8.64. The van der Waals surface area contributed by atoms with Gasteiger partial charge in [-0.05, 0) is 48.0 Å². The number of ether oxygens (including phenoxy) is 1. The van der Waals surface area contributed by atoms with E-state index in [1.807, 2.05) is 0 Å². The second kappa shape index (κ2) is 7.12. The van der Waals surface area contributed by atoms with Crippen LogP contribution in [-0.4, -0.2) is 24.6 Å². The molecule has 0 bridgehead atoms. The van der Waals surface area contributed by atoms with Crippen LogP contribution >= 0.6 is 0 Å². The standard InChI is InChI=1S/C22H15NO6/c1-28-22(27)15-5-2-12(23-11-24)8-18(15)21-16-6-3-13(25)9-19(16)29-20-10-14(26)4-7-17(20)21/h2-11,25H,1H3,(H,23,24). The lowest BCUT2D eigenvalue weighted by molar-refractivity contribution is -0.105. The van der Waals surface area contributed by atoms with Crippen molar-refractivity contribution < 1.29 is 23.8 Å². The molecule has 0 aromatic heterocycles. The maximum atomic E-state index is 12.4. The third kappa shape index (κ3) is 3.19. The fraction of sp³-hybridized carbons (Fsp3) is 0.0455. The van der Waals surface area contributed by atoms with Crippen molar-refractivity contribution in [2.24, 2.45) is 0 Å². The van der Waals surface area contributed by atoms with Crippen LogP contribution in [0.1, 0.15) is 10.4 Å². The van der Waals surface area contributed by atoms with E-state index in [1.54, 1.807) is 30.3 Å². The summed E-state index contributed by atoms with van der Waals surface area (Å²) < 4.78 is 10.7. The molecule has 144 valence electrons. The van der Waals surface area contributed by atoms with Gasteiger partial charge >= 0.3 is 5.97 Å². The number of phenols is 1. The minimum Gasteiger partial charge on any atom is -0.508 e. The number of carbonyl (C=O) groups excluding carboxylic acids is 2. The van der Waals surface area contributed by atoms with Crippen LogP contribution in [0.15, 0.2) is 63.8 Å². The molecule has 2 aromatic rings. The Morgan fingerprint density at radius 3 is 2.66 bits per heavy atom. The maximum absolute atomic E-state index is 12.4. The van der Waals surface area contributed by atoms with Gasteiger partial charge in [-0.15, -0.1) is 0 Å². The van der Waals surface area contributed by atoms with Crippen molar-refractivity contribution in [3.05, 3.63) is 70.4 Å². The van der Waals surface area contributed by atoms with Crippen molar-refractivity contribution in [2.75, 3.05) is 12.4 Å². The van der Waals surface area contributed by atoms with Crippen LogP contribution < -0.4 is 10.7 Å². The summed E-state index contributed by atoms with van der Waals surface area (Å²) in [6, 6.07) is 13.7. The molecule has 1 aliphatic heterocycles. The predicted octanol–water partition coefficient (Wildman–Crippen LogP) is 3.63. The molecule has 0 atom stereocenters. The number of hydrogen-bond donors (Lipinski definition) is 2. The zero-order valence-electron chi connectivity index (χ0n) is 15.3. The van der Waals surface area contributed by atoms with E-state index in [4.69, 9.17) is 9.15 Å². The third-order valence-corrected chi connectivity index (χ3v) is 4.60. The highest BCUT2D eigenvalue weighted by molar-refractivity contribution is 6.08. The fourth-order valence-corrected chi connectivity index (χ4v) is 3.35. The molecule has 0 fully saturated rings. The van der Waals surface area contributed by atoms with Gasteiger partial charge in [0.1, 0.15) is 17.1 Å². The van der Waals surface area contributed by atoms with E-state index in [-0.39, 0.29) is 16.7 Å². The first kappa shape index (κ1) is 18.2. The van der Waals surface area contributed by atoms with Gasteiger partial charge in [0.05, 0.1) is 12.7 Å². The van der Waals surface area contributed by atoms with Gasteiger partial charge in [0.15, 0.2) is 5.43 Å². The minimum absolute atomic E-state index is 0.00519. The molecule has 0 spiro atoms. The normalized spacial score (nSPS) is 10.8. The second-order valence-electron chi connectivity index (χ2n) is 6.33. The molecule has 2 aliphatic rings. The minimum atomic E-state index is -0.557. The SMILES string of the molecule is COC(=O)c1ccc(NC=O)cc1-c1c2ccc(=O)cc-2oc2cc(O)ccc12. The van der Waals surface area contributed by atoms with Gasteiger partial charge in [0.2, 0.25) is 6.41 Å². The summed E-state index contributed by atoms with van der Waals surface area (Å²) in [5.41, 5.74) is 2.53. The van der Waals surface area contributed by atoms with Crippen LogP contribution in [0.25, 0.3) is 33.4 Å². The van der Waals surface area contributed by atoms with E-state index in [0.717, 1.165) is 0 Å². The monoisotopic (exact) mass is 389 g/mol. The van der Waals surface area contributed by atoms with Crippen LogP contribution in [0, 0.1) is 0 Å². The zero-order valence-corrected chi connectivity index (χ0v) is 15.3. The summed E-state index contributed by atoms with van der Waals surface area (Å²) in [5, 5.41) is 13.1. The molecule has 29 heavy (non-hydrogen) atoms. The fourth-order valence-electron chi connectivity index (χ4n) is 3.35. The number of nitrogens with one attached hydrogen (secondary N) is 1. The Kier molecular flexibility index (Phi) is 4.48. The van der Waals surface area contributed by atoms with Crippen LogP contribution in [0.5, 0.6) is 5.75 Å². The molecule has 2 N–H and O–H groups in total. The summed E-state index contributed by atoms with van der Waals surface area (Å²) in [7, 11) is 1.28. The Morgan fingerprint density at radius 1 is 1.07 bits per heavy atom. The molecule has 0 saturated carbocycles. The van der Waals surface area contributed by atoms with Crippen molar-refractivity contribution in [3.63, 3.8) is 0 Å². The lowest BCUT2D eigenvalue weighted by atomic mass is 9.90. The lowest BCUT2D eigenvalue weighted by Crippen LogP contribution is -2.06. The summed E-state index contributed by atoms with van der Waals surface area (Å²) in [5.74, 6) is -0.261. The van der Waals surface area contributed by atoms with E-state index in [1.165, 1.54) is 31.4 Å². The third-order valence-electron chi connectivity index (χ3n) is 4.60. The van der Waals surface area contributed by atoms with Gasteiger partial charge in [0, 0.05) is 34.3 Å². The number of carbonyl (C=O) groups is 2. The number of hydrogen-bond acceptors (Lipinski definition) is 6. The highest BCUT2D eigenvalue weighted by Gasteiger charge is 2.22.